The van der Waals surface area contributed by atoms with E-state index in [1.165, 1.54) is 6.07 Å². The zero-order valence-electron chi connectivity index (χ0n) is 19.9. The molecule has 0 unspecified atom stereocenters. The van der Waals surface area contributed by atoms with Gasteiger partial charge in [-0.15, -0.1) is 0 Å². The summed E-state index contributed by atoms with van der Waals surface area (Å²) in [7, 11) is 1.91. The van der Waals surface area contributed by atoms with Gasteiger partial charge in [-0.25, -0.2) is 0 Å². The zero-order valence-corrected chi connectivity index (χ0v) is 19.9. The molecule has 0 radical (unpaired) electrons. The summed E-state index contributed by atoms with van der Waals surface area (Å²) < 4.78 is 0. The van der Waals surface area contributed by atoms with E-state index >= 15 is 0 Å². The molecule has 5 aromatic rings. The van der Waals surface area contributed by atoms with E-state index in [1.54, 1.807) is 12.1 Å². The third-order valence-corrected chi connectivity index (χ3v) is 6.17. The molecule has 5 heteroatoms. The lowest BCUT2D eigenvalue weighted by Gasteiger charge is -2.25. The van der Waals surface area contributed by atoms with Crippen molar-refractivity contribution in [1.82, 2.24) is 0 Å². The fourth-order valence-electron chi connectivity index (χ4n) is 4.25. The van der Waals surface area contributed by atoms with E-state index < -0.39 is 0 Å². The van der Waals surface area contributed by atoms with E-state index in [2.05, 4.69) is 65.6 Å². The number of nitrogens with zero attached hydrogens (tertiary/aromatic N) is 3. The molecule has 0 aliphatic carbocycles. The van der Waals surface area contributed by atoms with Gasteiger partial charge in [0.2, 0.25) is 0 Å². The van der Waals surface area contributed by atoms with E-state index in [4.69, 9.17) is 0 Å². The second-order valence-electron chi connectivity index (χ2n) is 8.44. The van der Waals surface area contributed by atoms with E-state index in [0.717, 1.165) is 39.6 Å². The van der Waals surface area contributed by atoms with Crippen LogP contribution in [0.4, 0.5) is 34.1 Å². The van der Waals surface area contributed by atoms with Gasteiger partial charge in [0.1, 0.15) is 0 Å². The van der Waals surface area contributed by atoms with E-state index in [0.29, 0.717) is 0 Å². The molecule has 0 aliphatic heterocycles. The van der Waals surface area contributed by atoms with Crippen LogP contribution in [0.15, 0.2) is 133 Å². The first-order chi connectivity index (χ1) is 17.6. The van der Waals surface area contributed by atoms with Gasteiger partial charge in [0.15, 0.2) is 0 Å². The Balaban J connectivity index is 1.40. The minimum Gasteiger partial charge on any atom is -0.344 e. The summed E-state index contributed by atoms with van der Waals surface area (Å²) >= 11 is 0. The fraction of sp³-hybridized carbons (Fsp3) is 0.0323. The van der Waals surface area contributed by atoms with Crippen molar-refractivity contribution < 1.29 is 4.92 Å². The van der Waals surface area contributed by atoms with Crippen molar-refractivity contribution in [2.24, 2.45) is 0 Å². The quantitative estimate of drug-likeness (QED) is 0.176. The molecule has 0 spiro atoms. The topological polar surface area (TPSA) is 49.6 Å². The number of anilines is 5. The first-order valence-corrected chi connectivity index (χ1v) is 11.7. The minimum absolute atomic E-state index is 0.0797. The van der Waals surface area contributed by atoms with Gasteiger partial charge in [0.05, 0.1) is 4.92 Å². The third kappa shape index (κ3) is 4.81. The van der Waals surface area contributed by atoms with Crippen LogP contribution in [0.2, 0.25) is 0 Å². The average Bonchev–Trinajstić information content (AvgIpc) is 2.94. The maximum absolute atomic E-state index is 11.1. The maximum atomic E-state index is 11.1. The lowest BCUT2D eigenvalue weighted by Crippen LogP contribution is -2.09. The van der Waals surface area contributed by atoms with Crippen LogP contribution in [-0.2, 0) is 0 Å². The standard InChI is InChI=1S/C31H25N3O2/c1-32(30-13-8-14-31(23-30)34(35)36)26-19-15-24(16-20-26)25-17-21-29(22-18-25)33(27-9-4-2-5-10-27)28-11-6-3-7-12-28/h2-23H,1H3. The summed E-state index contributed by atoms with van der Waals surface area (Å²) in [5.41, 5.74) is 7.30. The van der Waals surface area contributed by atoms with Crippen LogP contribution < -0.4 is 9.80 Å². The highest BCUT2D eigenvalue weighted by Crippen LogP contribution is 2.35. The monoisotopic (exact) mass is 471 g/mol. The molecule has 5 rings (SSSR count). The maximum Gasteiger partial charge on any atom is 0.271 e. The first-order valence-electron chi connectivity index (χ1n) is 11.7. The number of hydrogen-bond acceptors (Lipinski definition) is 4. The smallest absolute Gasteiger partial charge is 0.271 e. The predicted molar refractivity (Wildman–Crippen MR) is 148 cm³/mol. The Labute approximate surface area is 210 Å². The summed E-state index contributed by atoms with van der Waals surface area (Å²) in [6.07, 6.45) is 0. The number of nitro benzene ring substituents is 1. The largest absolute Gasteiger partial charge is 0.344 e. The minimum atomic E-state index is -0.374. The molecule has 0 N–H and O–H groups in total. The van der Waals surface area contributed by atoms with Crippen LogP contribution in [0.1, 0.15) is 0 Å². The molecule has 0 amide bonds. The molecule has 0 aromatic heterocycles. The molecule has 0 aliphatic rings. The van der Waals surface area contributed by atoms with Gasteiger partial charge in [-0.05, 0) is 65.7 Å². The van der Waals surface area contributed by atoms with Crippen LogP contribution in [0.25, 0.3) is 11.1 Å². The fourth-order valence-corrected chi connectivity index (χ4v) is 4.25. The van der Waals surface area contributed by atoms with Crippen molar-refractivity contribution in [1.29, 1.82) is 0 Å². The molecule has 0 saturated heterocycles. The van der Waals surface area contributed by atoms with E-state index in [9.17, 15) is 10.1 Å². The van der Waals surface area contributed by atoms with Crippen molar-refractivity contribution >= 4 is 34.1 Å². The molecule has 0 heterocycles. The Morgan fingerprint density at radius 3 is 1.47 bits per heavy atom. The van der Waals surface area contributed by atoms with Crippen molar-refractivity contribution in [3.63, 3.8) is 0 Å². The van der Waals surface area contributed by atoms with Crippen LogP contribution >= 0.6 is 0 Å². The molecule has 0 fully saturated rings. The van der Waals surface area contributed by atoms with Crippen LogP contribution in [0.5, 0.6) is 0 Å². The molecule has 0 bridgehead atoms. The van der Waals surface area contributed by atoms with Crippen LogP contribution in [0, 0.1) is 10.1 Å². The van der Waals surface area contributed by atoms with Gasteiger partial charge in [0.25, 0.3) is 5.69 Å². The number of nitro groups is 1. The summed E-state index contributed by atoms with van der Waals surface area (Å²) in [6.45, 7) is 0. The number of rotatable bonds is 7. The second kappa shape index (κ2) is 10.2. The Morgan fingerprint density at radius 2 is 0.972 bits per heavy atom. The van der Waals surface area contributed by atoms with Gasteiger partial charge < -0.3 is 9.80 Å². The number of non-ortho nitro benzene ring substituents is 1. The zero-order chi connectivity index (χ0) is 24.9. The molecule has 5 aromatic carbocycles. The Hall–Kier alpha value is -4.90. The number of hydrogen-bond donors (Lipinski definition) is 0. The van der Waals surface area contributed by atoms with Gasteiger partial charge in [-0.2, -0.15) is 0 Å². The first kappa shape index (κ1) is 22.9. The molecule has 5 nitrogen and oxygen atoms in total. The number of para-hydroxylation sites is 2. The van der Waals surface area contributed by atoms with Crippen LogP contribution in [0.3, 0.4) is 0 Å². The number of benzene rings is 5. The lowest BCUT2D eigenvalue weighted by molar-refractivity contribution is -0.384. The molecule has 0 atom stereocenters. The molecule has 176 valence electrons. The van der Waals surface area contributed by atoms with Gasteiger partial charge >= 0.3 is 0 Å². The summed E-state index contributed by atoms with van der Waals surface area (Å²) in [4.78, 5) is 14.9. The van der Waals surface area contributed by atoms with Gasteiger partial charge in [0, 0.05) is 47.6 Å². The summed E-state index contributed by atoms with van der Waals surface area (Å²) in [5.74, 6) is 0. The Bertz CT molecular complexity index is 1410. The van der Waals surface area contributed by atoms with Crippen LogP contribution in [-0.4, -0.2) is 12.0 Å². The predicted octanol–water partition coefficient (Wildman–Crippen LogP) is 8.50. The molecule has 0 saturated carbocycles. The van der Waals surface area contributed by atoms with Crippen molar-refractivity contribution in [3.05, 3.63) is 144 Å². The Morgan fingerprint density at radius 1 is 0.528 bits per heavy atom. The highest BCUT2D eigenvalue weighted by Gasteiger charge is 2.13. The summed E-state index contributed by atoms with van der Waals surface area (Å²) in [6, 6.07) is 44.1. The third-order valence-electron chi connectivity index (χ3n) is 6.17. The van der Waals surface area contributed by atoms with Crippen molar-refractivity contribution in [2.75, 3.05) is 16.8 Å². The highest BCUT2D eigenvalue weighted by atomic mass is 16.6. The molecular formula is C31H25N3O2. The van der Waals surface area contributed by atoms with E-state index in [-0.39, 0.29) is 10.6 Å². The Kier molecular flexibility index (Phi) is 6.45. The SMILES string of the molecule is CN(c1ccc(-c2ccc(N(c3ccccc3)c3ccccc3)cc2)cc1)c1cccc([N+](=O)[O-])c1. The van der Waals surface area contributed by atoms with Gasteiger partial charge in [-0.1, -0.05) is 66.7 Å². The average molecular weight is 472 g/mol. The summed E-state index contributed by atoms with van der Waals surface area (Å²) in [5, 5.41) is 11.1. The van der Waals surface area contributed by atoms with E-state index in [1.807, 2.05) is 66.5 Å². The lowest BCUT2D eigenvalue weighted by atomic mass is 10.0. The molecular weight excluding hydrogens is 446 g/mol. The molecule has 36 heavy (non-hydrogen) atoms. The van der Waals surface area contributed by atoms with Crippen molar-refractivity contribution in [2.45, 2.75) is 0 Å². The normalized spacial score (nSPS) is 10.6. The highest BCUT2D eigenvalue weighted by molar-refractivity contribution is 5.78. The second-order valence-corrected chi connectivity index (χ2v) is 8.44. The van der Waals surface area contributed by atoms with Crippen molar-refractivity contribution in [3.8, 4) is 11.1 Å². The van der Waals surface area contributed by atoms with Gasteiger partial charge in [-0.3, -0.25) is 10.1 Å².